The van der Waals surface area contributed by atoms with Gasteiger partial charge in [0.25, 0.3) is 0 Å². The van der Waals surface area contributed by atoms with E-state index in [1.54, 1.807) is 6.92 Å². The highest BCUT2D eigenvalue weighted by Gasteiger charge is 2.24. The maximum absolute atomic E-state index is 12.0. The molecule has 0 saturated carbocycles. The maximum Gasteiger partial charge on any atom is 0.324 e. The normalized spacial score (nSPS) is 12.1. The highest BCUT2D eigenvalue weighted by atomic mass is 32.2. The van der Waals surface area contributed by atoms with Gasteiger partial charge in [0.2, 0.25) is 5.13 Å². The van der Waals surface area contributed by atoms with Crippen LogP contribution in [-0.2, 0) is 9.53 Å². The summed E-state index contributed by atoms with van der Waals surface area (Å²) in [6.45, 7) is 2.13. The summed E-state index contributed by atoms with van der Waals surface area (Å²) in [7, 11) is 0. The van der Waals surface area contributed by atoms with E-state index in [9.17, 15) is 4.79 Å². The molecule has 0 unspecified atom stereocenters. The van der Waals surface area contributed by atoms with Gasteiger partial charge in [-0.2, -0.15) is 0 Å². The number of ether oxygens (including phenoxy) is 1. The fraction of sp³-hybridized carbons (Fsp3) is 0.250. The van der Waals surface area contributed by atoms with Crippen molar-refractivity contribution in [3.8, 4) is 0 Å². The number of anilines is 1. The Morgan fingerprint density at radius 2 is 2.16 bits per heavy atom. The first-order valence-corrected chi connectivity index (χ1v) is 7.37. The van der Waals surface area contributed by atoms with E-state index in [1.165, 1.54) is 23.1 Å². The number of carbonyl (C=O) groups is 1. The lowest BCUT2D eigenvalue weighted by atomic mass is 10.1. The zero-order chi connectivity index (χ0) is 13.7. The molecule has 0 saturated heterocycles. The Kier molecular flexibility index (Phi) is 4.75. The van der Waals surface area contributed by atoms with E-state index < -0.39 is 5.25 Å². The molecule has 100 valence electrons. The Morgan fingerprint density at radius 3 is 2.74 bits per heavy atom. The van der Waals surface area contributed by atoms with Crippen LogP contribution in [0.15, 0.2) is 34.7 Å². The molecule has 0 aliphatic rings. The van der Waals surface area contributed by atoms with Crippen LogP contribution in [0, 0.1) is 0 Å². The van der Waals surface area contributed by atoms with Crippen LogP contribution in [0.5, 0.6) is 0 Å². The van der Waals surface area contributed by atoms with Gasteiger partial charge < -0.3 is 10.5 Å². The summed E-state index contributed by atoms with van der Waals surface area (Å²) in [5, 5.41) is 7.60. The van der Waals surface area contributed by atoms with Crippen LogP contribution in [0.2, 0.25) is 0 Å². The summed E-state index contributed by atoms with van der Waals surface area (Å²) in [6.07, 6.45) is 0. The van der Waals surface area contributed by atoms with Crippen molar-refractivity contribution in [3.05, 3.63) is 35.9 Å². The summed E-state index contributed by atoms with van der Waals surface area (Å²) >= 11 is 2.56. The molecule has 0 aliphatic carbocycles. The fourth-order valence-corrected chi connectivity index (χ4v) is 3.29. The van der Waals surface area contributed by atoms with Gasteiger partial charge >= 0.3 is 5.97 Å². The molecule has 0 radical (unpaired) electrons. The molecule has 1 aromatic carbocycles. The van der Waals surface area contributed by atoms with Crippen molar-refractivity contribution in [1.29, 1.82) is 0 Å². The molecule has 2 N–H and O–H groups in total. The quantitative estimate of drug-likeness (QED) is 0.674. The molecule has 2 aromatic rings. The first-order chi connectivity index (χ1) is 9.20. The number of hydrogen-bond acceptors (Lipinski definition) is 7. The van der Waals surface area contributed by atoms with Gasteiger partial charge in [0.05, 0.1) is 6.61 Å². The Morgan fingerprint density at radius 1 is 1.42 bits per heavy atom. The highest BCUT2D eigenvalue weighted by molar-refractivity contribution is 8.01. The highest BCUT2D eigenvalue weighted by Crippen LogP contribution is 2.37. The number of nitrogen functional groups attached to an aromatic ring is 1. The van der Waals surface area contributed by atoms with Crippen LogP contribution in [0.4, 0.5) is 5.13 Å². The second-order valence-electron chi connectivity index (χ2n) is 3.57. The number of aromatic nitrogens is 2. The van der Waals surface area contributed by atoms with Gasteiger partial charge in [-0.25, -0.2) is 0 Å². The lowest BCUT2D eigenvalue weighted by molar-refractivity contribution is -0.142. The van der Waals surface area contributed by atoms with Gasteiger partial charge in [-0.3, -0.25) is 4.79 Å². The molecular formula is C12H13N3O2S2. The zero-order valence-electron chi connectivity index (χ0n) is 10.3. The van der Waals surface area contributed by atoms with Gasteiger partial charge in [-0.1, -0.05) is 53.4 Å². The lowest BCUT2D eigenvalue weighted by Crippen LogP contribution is -2.13. The van der Waals surface area contributed by atoms with E-state index >= 15 is 0 Å². The SMILES string of the molecule is CCOC(=O)[C@@H](Sc1nnc(N)s1)c1ccccc1. The maximum atomic E-state index is 12.0. The Balaban J connectivity index is 2.22. The second-order valence-corrected chi connectivity index (χ2v) is 5.93. The van der Waals surface area contributed by atoms with Gasteiger partial charge in [0, 0.05) is 0 Å². The van der Waals surface area contributed by atoms with Gasteiger partial charge in [-0.15, -0.1) is 10.2 Å². The van der Waals surface area contributed by atoms with Gasteiger partial charge in [-0.05, 0) is 12.5 Å². The molecule has 5 nitrogen and oxygen atoms in total. The molecule has 1 atom stereocenters. The molecular weight excluding hydrogens is 282 g/mol. The predicted octanol–water partition coefficient (Wildman–Crippen LogP) is 2.52. The van der Waals surface area contributed by atoms with E-state index in [0.29, 0.717) is 16.1 Å². The second kappa shape index (κ2) is 6.53. The van der Waals surface area contributed by atoms with Crippen molar-refractivity contribution < 1.29 is 9.53 Å². The van der Waals surface area contributed by atoms with Crippen LogP contribution in [-0.4, -0.2) is 22.8 Å². The van der Waals surface area contributed by atoms with E-state index in [4.69, 9.17) is 10.5 Å². The van der Waals surface area contributed by atoms with Crippen molar-refractivity contribution in [2.24, 2.45) is 0 Å². The van der Waals surface area contributed by atoms with Crippen molar-refractivity contribution in [2.75, 3.05) is 12.3 Å². The fourth-order valence-electron chi connectivity index (χ4n) is 1.47. The van der Waals surface area contributed by atoms with Crippen molar-refractivity contribution >= 4 is 34.2 Å². The summed E-state index contributed by atoms with van der Waals surface area (Å²) in [6, 6.07) is 9.45. The number of rotatable bonds is 5. The number of hydrogen-bond donors (Lipinski definition) is 1. The minimum atomic E-state index is -0.450. The molecule has 7 heteroatoms. The molecule has 0 amide bonds. The number of thioether (sulfide) groups is 1. The minimum absolute atomic E-state index is 0.285. The number of nitrogens with zero attached hydrogens (tertiary/aromatic N) is 2. The molecule has 1 aromatic heterocycles. The Hall–Kier alpha value is -1.60. The van der Waals surface area contributed by atoms with Crippen LogP contribution in [0.1, 0.15) is 17.7 Å². The average Bonchev–Trinajstić information content (AvgIpc) is 2.83. The molecule has 0 fully saturated rings. The predicted molar refractivity (Wildman–Crippen MR) is 76.0 cm³/mol. The van der Waals surface area contributed by atoms with Crippen LogP contribution >= 0.6 is 23.1 Å². The third-order valence-electron chi connectivity index (χ3n) is 2.24. The summed E-state index contributed by atoms with van der Waals surface area (Å²) in [5.41, 5.74) is 6.42. The lowest BCUT2D eigenvalue weighted by Gasteiger charge is -2.13. The Labute approximate surface area is 119 Å². The largest absolute Gasteiger partial charge is 0.465 e. The number of carbonyl (C=O) groups excluding carboxylic acids is 1. The zero-order valence-corrected chi connectivity index (χ0v) is 11.9. The number of benzene rings is 1. The first kappa shape index (κ1) is 13.8. The van der Waals surface area contributed by atoms with Crippen molar-refractivity contribution in [1.82, 2.24) is 10.2 Å². The third kappa shape index (κ3) is 3.68. The summed E-state index contributed by atoms with van der Waals surface area (Å²) < 4.78 is 5.76. The third-order valence-corrected chi connectivity index (χ3v) is 4.31. The smallest absolute Gasteiger partial charge is 0.324 e. The number of esters is 1. The molecule has 0 spiro atoms. The molecule has 1 heterocycles. The number of nitrogens with two attached hydrogens (primary N) is 1. The minimum Gasteiger partial charge on any atom is -0.465 e. The van der Waals surface area contributed by atoms with E-state index in [2.05, 4.69) is 10.2 Å². The first-order valence-electron chi connectivity index (χ1n) is 5.68. The van der Waals surface area contributed by atoms with Crippen LogP contribution in [0.25, 0.3) is 0 Å². The summed E-state index contributed by atoms with van der Waals surface area (Å²) in [5.74, 6) is -0.285. The van der Waals surface area contributed by atoms with Crippen molar-refractivity contribution in [3.63, 3.8) is 0 Å². The van der Waals surface area contributed by atoms with Crippen molar-refractivity contribution in [2.45, 2.75) is 16.5 Å². The topological polar surface area (TPSA) is 78.1 Å². The molecule has 19 heavy (non-hydrogen) atoms. The Bertz CT molecular complexity index is 545. The molecule has 2 rings (SSSR count). The van der Waals surface area contributed by atoms with Gasteiger partial charge in [0.15, 0.2) is 4.34 Å². The van der Waals surface area contributed by atoms with E-state index in [0.717, 1.165) is 5.56 Å². The molecule has 0 bridgehead atoms. The van der Waals surface area contributed by atoms with E-state index in [-0.39, 0.29) is 5.97 Å². The summed E-state index contributed by atoms with van der Waals surface area (Å²) in [4.78, 5) is 12.0. The standard InChI is InChI=1S/C12H13N3O2S2/c1-2-17-10(16)9(8-6-4-3-5-7-8)18-12-15-14-11(13)19-12/h3-7,9H,2H2,1H3,(H2,13,14)/t9-/m0/s1. The van der Waals surface area contributed by atoms with Gasteiger partial charge in [0.1, 0.15) is 5.25 Å². The monoisotopic (exact) mass is 295 g/mol. The van der Waals surface area contributed by atoms with Crippen LogP contribution < -0.4 is 5.73 Å². The average molecular weight is 295 g/mol. The van der Waals surface area contributed by atoms with E-state index in [1.807, 2.05) is 30.3 Å². The molecule has 0 aliphatic heterocycles. The van der Waals surface area contributed by atoms with Crippen LogP contribution in [0.3, 0.4) is 0 Å².